The molecule has 0 N–H and O–H groups in total. The Bertz CT molecular complexity index is 449. The van der Waals surface area contributed by atoms with E-state index in [2.05, 4.69) is 22.6 Å². The third-order valence-corrected chi connectivity index (χ3v) is 1.59. The molecule has 0 aliphatic rings. The number of hydrogen-bond acceptors (Lipinski definition) is 2. The van der Waals surface area contributed by atoms with E-state index in [0.717, 1.165) is 11.0 Å². The highest BCUT2D eigenvalue weighted by Gasteiger charge is 1.98. The first-order chi connectivity index (χ1) is 5.92. The number of para-hydroxylation sites is 1. The Morgan fingerprint density at radius 1 is 1.42 bits per heavy atom. The van der Waals surface area contributed by atoms with Crippen molar-refractivity contribution in [3.8, 4) is 0 Å². The monoisotopic (exact) mass is 157 g/mol. The van der Waals surface area contributed by atoms with Gasteiger partial charge in [-0.25, -0.2) is 4.68 Å². The minimum atomic E-state index is 0.879. The highest BCUT2D eigenvalue weighted by atomic mass is 15.4. The maximum absolute atomic E-state index is 3.95. The van der Waals surface area contributed by atoms with Crippen LogP contribution in [0, 0.1) is 0 Å². The molecule has 0 unspecified atom stereocenters. The van der Waals surface area contributed by atoms with E-state index in [1.807, 2.05) is 24.3 Å². The SMILES string of the molecule is C=C=Cn1nnc2ccccc21. The van der Waals surface area contributed by atoms with E-state index >= 15 is 0 Å². The number of rotatable bonds is 1. The van der Waals surface area contributed by atoms with Crippen LogP contribution in [-0.2, 0) is 0 Å². The van der Waals surface area contributed by atoms with Crippen LogP contribution >= 0.6 is 0 Å². The first-order valence-corrected chi connectivity index (χ1v) is 3.57. The van der Waals surface area contributed by atoms with Gasteiger partial charge in [0, 0.05) is 0 Å². The molecule has 0 aliphatic heterocycles. The molecular formula is C9H7N3. The third kappa shape index (κ3) is 0.929. The van der Waals surface area contributed by atoms with Crippen molar-refractivity contribution in [2.45, 2.75) is 0 Å². The third-order valence-electron chi connectivity index (χ3n) is 1.59. The molecule has 0 bridgehead atoms. The van der Waals surface area contributed by atoms with Crippen molar-refractivity contribution in [1.82, 2.24) is 15.0 Å². The zero-order valence-electron chi connectivity index (χ0n) is 6.44. The van der Waals surface area contributed by atoms with Gasteiger partial charge in [-0.05, 0) is 12.1 Å². The van der Waals surface area contributed by atoms with Gasteiger partial charge in [-0.1, -0.05) is 23.9 Å². The van der Waals surface area contributed by atoms with Gasteiger partial charge in [-0.15, -0.1) is 10.8 Å². The zero-order valence-corrected chi connectivity index (χ0v) is 6.44. The lowest BCUT2D eigenvalue weighted by atomic mass is 10.3. The number of hydrogen-bond donors (Lipinski definition) is 0. The van der Waals surface area contributed by atoms with Crippen molar-refractivity contribution >= 4 is 17.2 Å². The molecule has 0 saturated heterocycles. The van der Waals surface area contributed by atoms with Crippen molar-refractivity contribution in [3.05, 3.63) is 36.6 Å². The molecule has 58 valence electrons. The molecule has 0 fully saturated rings. The molecule has 0 atom stereocenters. The van der Waals surface area contributed by atoms with Gasteiger partial charge < -0.3 is 0 Å². The summed E-state index contributed by atoms with van der Waals surface area (Å²) in [6.07, 6.45) is 1.65. The van der Waals surface area contributed by atoms with Crippen LogP contribution in [0.5, 0.6) is 0 Å². The van der Waals surface area contributed by atoms with Crippen molar-refractivity contribution in [3.63, 3.8) is 0 Å². The molecule has 0 aliphatic carbocycles. The van der Waals surface area contributed by atoms with E-state index in [1.54, 1.807) is 10.9 Å². The fourth-order valence-electron chi connectivity index (χ4n) is 1.07. The normalized spacial score (nSPS) is 9.67. The zero-order chi connectivity index (χ0) is 8.39. The largest absolute Gasteiger partial charge is 0.212 e. The molecule has 0 radical (unpaired) electrons. The van der Waals surface area contributed by atoms with Gasteiger partial charge >= 0.3 is 0 Å². The lowest BCUT2D eigenvalue weighted by Crippen LogP contribution is -1.86. The molecule has 0 spiro atoms. The summed E-state index contributed by atoms with van der Waals surface area (Å²) in [5.41, 5.74) is 4.49. The second-order valence-electron chi connectivity index (χ2n) is 2.36. The topological polar surface area (TPSA) is 30.7 Å². The van der Waals surface area contributed by atoms with Gasteiger partial charge in [0.15, 0.2) is 0 Å². The summed E-state index contributed by atoms with van der Waals surface area (Å²) in [5.74, 6) is 0. The van der Waals surface area contributed by atoms with Crippen LogP contribution in [0.4, 0.5) is 0 Å². The summed E-state index contributed by atoms with van der Waals surface area (Å²) in [6.45, 7) is 3.47. The Balaban J connectivity index is 2.78. The minimum absolute atomic E-state index is 0.879. The Kier molecular flexibility index (Phi) is 1.50. The van der Waals surface area contributed by atoms with Crippen molar-refractivity contribution in [2.24, 2.45) is 0 Å². The van der Waals surface area contributed by atoms with Crippen molar-refractivity contribution < 1.29 is 0 Å². The summed E-state index contributed by atoms with van der Waals surface area (Å²) in [7, 11) is 0. The lowest BCUT2D eigenvalue weighted by Gasteiger charge is -1.88. The predicted molar refractivity (Wildman–Crippen MR) is 47.4 cm³/mol. The fourth-order valence-corrected chi connectivity index (χ4v) is 1.07. The van der Waals surface area contributed by atoms with Gasteiger partial charge in [0.2, 0.25) is 0 Å². The Morgan fingerprint density at radius 2 is 2.25 bits per heavy atom. The van der Waals surface area contributed by atoms with E-state index in [-0.39, 0.29) is 0 Å². The summed E-state index contributed by atoms with van der Waals surface area (Å²) >= 11 is 0. The van der Waals surface area contributed by atoms with Crippen LogP contribution in [0.3, 0.4) is 0 Å². The lowest BCUT2D eigenvalue weighted by molar-refractivity contribution is 0.862. The highest BCUT2D eigenvalue weighted by molar-refractivity contribution is 5.75. The fraction of sp³-hybridized carbons (Fsp3) is 0. The second kappa shape index (κ2) is 2.64. The molecule has 1 heterocycles. The molecule has 3 heteroatoms. The van der Waals surface area contributed by atoms with Crippen molar-refractivity contribution in [1.29, 1.82) is 0 Å². The Labute approximate surface area is 69.6 Å². The van der Waals surface area contributed by atoms with Crippen LogP contribution in [0.1, 0.15) is 0 Å². The van der Waals surface area contributed by atoms with E-state index in [0.29, 0.717) is 0 Å². The molecular weight excluding hydrogens is 150 g/mol. The summed E-state index contributed by atoms with van der Waals surface area (Å²) < 4.78 is 1.64. The molecule has 0 amide bonds. The van der Waals surface area contributed by atoms with Gasteiger partial charge in [-0.2, -0.15) is 0 Å². The van der Waals surface area contributed by atoms with E-state index in [4.69, 9.17) is 0 Å². The Hall–Kier alpha value is -1.86. The Morgan fingerprint density at radius 3 is 3.08 bits per heavy atom. The highest BCUT2D eigenvalue weighted by Crippen LogP contribution is 2.08. The second-order valence-corrected chi connectivity index (χ2v) is 2.36. The van der Waals surface area contributed by atoms with Crippen LogP contribution < -0.4 is 0 Å². The molecule has 0 saturated carbocycles. The van der Waals surface area contributed by atoms with Gasteiger partial charge in [0.1, 0.15) is 5.52 Å². The summed E-state index contributed by atoms with van der Waals surface area (Å²) in [6, 6.07) is 7.73. The van der Waals surface area contributed by atoms with Gasteiger partial charge in [0.25, 0.3) is 0 Å². The van der Waals surface area contributed by atoms with E-state index in [1.165, 1.54) is 0 Å². The summed E-state index contributed by atoms with van der Waals surface area (Å²) in [4.78, 5) is 0. The van der Waals surface area contributed by atoms with E-state index < -0.39 is 0 Å². The predicted octanol–water partition coefficient (Wildman–Crippen LogP) is 1.69. The molecule has 3 nitrogen and oxygen atoms in total. The maximum atomic E-state index is 3.95. The number of aromatic nitrogens is 3. The molecule has 2 rings (SSSR count). The van der Waals surface area contributed by atoms with Crippen LogP contribution in [0.2, 0.25) is 0 Å². The standard InChI is InChI=1S/C9H7N3/c1-2-7-12-9-6-4-3-5-8(9)10-11-12/h3-7H,1H2. The van der Waals surface area contributed by atoms with Crippen LogP contribution in [0.25, 0.3) is 17.2 Å². The molecule has 1 aromatic heterocycles. The number of fused-ring (bicyclic) bond motifs is 1. The smallest absolute Gasteiger partial charge is 0.113 e. The quantitative estimate of drug-likeness (QED) is 0.590. The molecule has 1 aromatic carbocycles. The van der Waals surface area contributed by atoms with Gasteiger partial charge in [0.05, 0.1) is 11.7 Å². The average Bonchev–Trinajstić information content (AvgIpc) is 2.50. The average molecular weight is 157 g/mol. The van der Waals surface area contributed by atoms with Gasteiger partial charge in [-0.3, -0.25) is 0 Å². The molecule has 12 heavy (non-hydrogen) atoms. The van der Waals surface area contributed by atoms with E-state index in [9.17, 15) is 0 Å². The van der Waals surface area contributed by atoms with Crippen LogP contribution in [-0.4, -0.2) is 15.0 Å². The first kappa shape index (κ1) is 6.83. The van der Waals surface area contributed by atoms with Crippen LogP contribution in [0.15, 0.2) is 36.6 Å². The minimum Gasteiger partial charge on any atom is -0.212 e. The van der Waals surface area contributed by atoms with Crippen molar-refractivity contribution in [2.75, 3.05) is 0 Å². The summed E-state index contributed by atoms with van der Waals surface area (Å²) in [5, 5.41) is 7.84. The number of benzene rings is 1. The first-order valence-electron chi connectivity index (χ1n) is 3.57. The maximum Gasteiger partial charge on any atom is 0.113 e. The molecule has 2 aromatic rings. The number of nitrogens with zero attached hydrogens (tertiary/aromatic N) is 3.